The van der Waals surface area contributed by atoms with Crippen molar-refractivity contribution in [3.05, 3.63) is 11.7 Å². The van der Waals surface area contributed by atoms with Crippen LogP contribution in [0.15, 0.2) is 4.52 Å². The molecule has 3 saturated heterocycles. The van der Waals surface area contributed by atoms with Crippen molar-refractivity contribution < 1.29 is 14.1 Å². The van der Waals surface area contributed by atoms with Crippen LogP contribution in [-0.4, -0.2) is 77.4 Å². The third kappa shape index (κ3) is 3.79. The highest BCUT2D eigenvalue weighted by Crippen LogP contribution is 2.26. The second kappa shape index (κ2) is 7.29. The van der Waals surface area contributed by atoms with E-state index in [1.54, 1.807) is 0 Å². The maximum absolute atomic E-state index is 12.5. The highest BCUT2D eigenvalue weighted by Gasteiger charge is 2.33. The molecule has 8 nitrogen and oxygen atoms in total. The van der Waals surface area contributed by atoms with Crippen molar-refractivity contribution in [3.8, 4) is 0 Å². The van der Waals surface area contributed by atoms with Gasteiger partial charge in [0.15, 0.2) is 5.82 Å². The first-order valence-corrected chi connectivity index (χ1v) is 9.37. The molecule has 3 aliphatic heterocycles. The lowest BCUT2D eigenvalue weighted by molar-refractivity contribution is -0.0461. The van der Waals surface area contributed by atoms with Gasteiger partial charge in [0.25, 0.3) is 0 Å². The molecule has 3 fully saturated rings. The standard InChI is InChI=1S/C17H27N5O3/c1-12-19-16(25-20-12)13-4-2-7-22(9-13)17(23)18-8-15-10-21-6-3-5-14(21)11-24-15/h13-15H,2-11H2,1H3,(H,18,23)/t13-,14-,15+/m1/s1. The van der Waals surface area contributed by atoms with Crippen LogP contribution in [0, 0.1) is 6.92 Å². The molecular weight excluding hydrogens is 322 g/mol. The van der Waals surface area contributed by atoms with E-state index in [0.717, 1.165) is 39.1 Å². The Bertz CT molecular complexity index is 607. The Morgan fingerprint density at radius 1 is 1.28 bits per heavy atom. The molecule has 0 bridgehead atoms. The van der Waals surface area contributed by atoms with Crippen molar-refractivity contribution in [2.24, 2.45) is 0 Å². The van der Waals surface area contributed by atoms with Crippen molar-refractivity contribution in [2.75, 3.05) is 39.3 Å². The fourth-order valence-electron chi connectivity index (χ4n) is 4.16. The first kappa shape index (κ1) is 16.8. The third-order valence-corrected chi connectivity index (χ3v) is 5.54. The van der Waals surface area contributed by atoms with Gasteiger partial charge < -0.3 is 19.5 Å². The molecule has 1 N–H and O–H groups in total. The molecule has 25 heavy (non-hydrogen) atoms. The highest BCUT2D eigenvalue weighted by molar-refractivity contribution is 5.74. The molecule has 0 aromatic carbocycles. The lowest BCUT2D eigenvalue weighted by atomic mass is 9.98. The number of piperidine rings is 1. The smallest absolute Gasteiger partial charge is 0.317 e. The van der Waals surface area contributed by atoms with E-state index in [9.17, 15) is 4.79 Å². The maximum atomic E-state index is 12.5. The number of urea groups is 1. The van der Waals surface area contributed by atoms with Crippen LogP contribution >= 0.6 is 0 Å². The minimum atomic E-state index is -0.0203. The quantitative estimate of drug-likeness (QED) is 0.881. The van der Waals surface area contributed by atoms with Crippen LogP contribution in [0.4, 0.5) is 4.79 Å². The molecule has 0 radical (unpaired) electrons. The van der Waals surface area contributed by atoms with Crippen molar-refractivity contribution in [3.63, 3.8) is 0 Å². The summed E-state index contributed by atoms with van der Waals surface area (Å²) in [4.78, 5) is 21.2. The van der Waals surface area contributed by atoms with Crippen LogP contribution in [0.25, 0.3) is 0 Å². The van der Waals surface area contributed by atoms with Gasteiger partial charge in [0.05, 0.1) is 18.6 Å². The number of hydrogen-bond donors (Lipinski definition) is 1. The zero-order valence-electron chi connectivity index (χ0n) is 14.8. The molecule has 3 atom stereocenters. The largest absolute Gasteiger partial charge is 0.373 e. The second-order valence-corrected chi connectivity index (χ2v) is 7.40. The van der Waals surface area contributed by atoms with Gasteiger partial charge in [-0.25, -0.2) is 4.79 Å². The van der Waals surface area contributed by atoms with Crippen molar-refractivity contribution in [1.29, 1.82) is 0 Å². The molecule has 3 aliphatic rings. The monoisotopic (exact) mass is 349 g/mol. The third-order valence-electron chi connectivity index (χ3n) is 5.54. The molecule has 0 unspecified atom stereocenters. The first-order chi connectivity index (χ1) is 12.2. The van der Waals surface area contributed by atoms with Gasteiger partial charge in [-0.05, 0) is 39.2 Å². The van der Waals surface area contributed by atoms with Crippen LogP contribution in [-0.2, 0) is 4.74 Å². The van der Waals surface area contributed by atoms with E-state index in [1.165, 1.54) is 12.8 Å². The molecule has 4 heterocycles. The zero-order valence-corrected chi connectivity index (χ0v) is 14.8. The Labute approximate surface area is 147 Å². The number of hydrogen-bond acceptors (Lipinski definition) is 6. The number of nitrogens with zero attached hydrogens (tertiary/aromatic N) is 4. The molecule has 0 spiro atoms. The molecule has 1 aromatic rings. The van der Waals surface area contributed by atoms with E-state index < -0.39 is 0 Å². The molecule has 0 saturated carbocycles. The molecule has 2 amide bonds. The Morgan fingerprint density at radius 3 is 3.00 bits per heavy atom. The number of carbonyl (C=O) groups is 1. The Kier molecular flexibility index (Phi) is 4.89. The SMILES string of the molecule is Cc1noc([C@@H]2CCCN(C(=O)NC[C@H]3CN4CCC[C@@H]4CO3)C2)n1. The molecule has 4 rings (SSSR count). The summed E-state index contributed by atoms with van der Waals surface area (Å²) in [6.07, 6.45) is 4.53. The molecule has 0 aliphatic carbocycles. The van der Waals surface area contributed by atoms with Gasteiger partial charge in [-0.3, -0.25) is 4.90 Å². The number of amides is 2. The molecule has 138 valence electrons. The zero-order chi connectivity index (χ0) is 17.2. The number of carbonyl (C=O) groups excluding carboxylic acids is 1. The average Bonchev–Trinajstić information content (AvgIpc) is 3.28. The first-order valence-electron chi connectivity index (χ1n) is 9.37. The lowest BCUT2D eigenvalue weighted by Crippen LogP contribution is -2.52. The van der Waals surface area contributed by atoms with Crippen LogP contribution < -0.4 is 5.32 Å². The van der Waals surface area contributed by atoms with Gasteiger partial charge in [0.1, 0.15) is 0 Å². The average molecular weight is 349 g/mol. The summed E-state index contributed by atoms with van der Waals surface area (Å²) in [7, 11) is 0. The number of aromatic nitrogens is 2. The predicted molar refractivity (Wildman–Crippen MR) is 90.3 cm³/mol. The number of fused-ring (bicyclic) bond motifs is 1. The highest BCUT2D eigenvalue weighted by atomic mass is 16.5. The van der Waals surface area contributed by atoms with Crippen LogP contribution in [0.1, 0.15) is 43.3 Å². The number of nitrogens with one attached hydrogen (secondary N) is 1. The van der Waals surface area contributed by atoms with E-state index in [0.29, 0.717) is 30.8 Å². The summed E-state index contributed by atoms with van der Waals surface area (Å²) in [6, 6.07) is 0.570. The van der Waals surface area contributed by atoms with Gasteiger partial charge in [-0.2, -0.15) is 4.98 Å². The molecular formula is C17H27N5O3. The second-order valence-electron chi connectivity index (χ2n) is 7.40. The van der Waals surface area contributed by atoms with Crippen LogP contribution in [0.3, 0.4) is 0 Å². The van der Waals surface area contributed by atoms with Gasteiger partial charge in [0.2, 0.25) is 5.89 Å². The summed E-state index contributed by atoms with van der Waals surface area (Å²) in [5.41, 5.74) is 0. The summed E-state index contributed by atoms with van der Waals surface area (Å²) in [5, 5.41) is 6.91. The van der Waals surface area contributed by atoms with Crippen LogP contribution in [0.2, 0.25) is 0 Å². The van der Waals surface area contributed by atoms with E-state index in [2.05, 4.69) is 20.4 Å². The fraction of sp³-hybridized carbons (Fsp3) is 0.824. The van der Waals surface area contributed by atoms with Gasteiger partial charge in [-0.15, -0.1) is 0 Å². The topological polar surface area (TPSA) is 83.7 Å². The number of aryl methyl sites for hydroxylation is 1. The normalized spacial score (nSPS) is 30.3. The number of rotatable bonds is 3. The predicted octanol–water partition coefficient (Wildman–Crippen LogP) is 1.13. The van der Waals surface area contributed by atoms with Gasteiger partial charge in [-0.1, -0.05) is 5.16 Å². The van der Waals surface area contributed by atoms with E-state index >= 15 is 0 Å². The van der Waals surface area contributed by atoms with Crippen molar-refractivity contribution in [1.82, 2.24) is 25.3 Å². The lowest BCUT2D eigenvalue weighted by Gasteiger charge is -2.36. The number of ether oxygens (including phenoxy) is 1. The number of morpholine rings is 1. The summed E-state index contributed by atoms with van der Waals surface area (Å²) in [6.45, 7) is 6.67. The molecule has 1 aromatic heterocycles. The fourth-order valence-corrected chi connectivity index (χ4v) is 4.16. The summed E-state index contributed by atoms with van der Waals surface area (Å²) < 4.78 is 11.2. The van der Waals surface area contributed by atoms with Crippen molar-refractivity contribution >= 4 is 6.03 Å². The summed E-state index contributed by atoms with van der Waals surface area (Å²) in [5.74, 6) is 1.42. The molecule has 8 heteroatoms. The van der Waals surface area contributed by atoms with E-state index in [1.807, 2.05) is 11.8 Å². The van der Waals surface area contributed by atoms with E-state index in [-0.39, 0.29) is 18.1 Å². The number of likely N-dealkylation sites (tertiary alicyclic amines) is 1. The Hall–Kier alpha value is -1.67. The summed E-state index contributed by atoms with van der Waals surface area (Å²) >= 11 is 0. The van der Waals surface area contributed by atoms with Gasteiger partial charge in [0, 0.05) is 32.2 Å². The minimum Gasteiger partial charge on any atom is -0.373 e. The van der Waals surface area contributed by atoms with Crippen LogP contribution in [0.5, 0.6) is 0 Å². The van der Waals surface area contributed by atoms with Crippen molar-refractivity contribution in [2.45, 2.75) is 50.7 Å². The maximum Gasteiger partial charge on any atom is 0.317 e. The van der Waals surface area contributed by atoms with E-state index in [4.69, 9.17) is 9.26 Å². The Morgan fingerprint density at radius 2 is 2.16 bits per heavy atom. The minimum absolute atomic E-state index is 0.0203. The van der Waals surface area contributed by atoms with Gasteiger partial charge >= 0.3 is 6.03 Å². The Balaban J connectivity index is 1.26.